The van der Waals surface area contributed by atoms with E-state index in [4.69, 9.17) is 0 Å². The molecular weight excluding hydrogens is 224 g/mol. The maximum atomic E-state index is 3.95. The van der Waals surface area contributed by atoms with Crippen LogP contribution in [-0.2, 0) is 0 Å². The highest BCUT2D eigenvalue weighted by molar-refractivity contribution is 9.11. The van der Waals surface area contributed by atoms with E-state index >= 15 is 0 Å². The van der Waals surface area contributed by atoms with Gasteiger partial charge in [0, 0.05) is 6.20 Å². The fourth-order valence-electron chi connectivity index (χ4n) is 0.704. The van der Waals surface area contributed by atoms with Gasteiger partial charge in [0.15, 0.2) is 0 Å². The first-order valence-electron chi connectivity index (χ1n) is 2.93. The Hall–Kier alpha value is -0.610. The molecule has 0 N–H and O–H groups in total. The van der Waals surface area contributed by atoms with Crippen LogP contribution in [0.5, 0.6) is 0 Å². The molecule has 0 radical (unpaired) electrons. The van der Waals surface area contributed by atoms with E-state index in [-0.39, 0.29) is 0 Å². The third kappa shape index (κ3) is 1.70. The molecule has 2 nitrogen and oxygen atoms in total. The van der Waals surface area contributed by atoms with E-state index < -0.39 is 0 Å². The van der Waals surface area contributed by atoms with E-state index in [0.29, 0.717) is 0 Å². The van der Waals surface area contributed by atoms with E-state index in [0.717, 1.165) is 3.79 Å². The maximum absolute atomic E-state index is 3.95. The molecule has 0 spiro atoms. The molecule has 0 aromatic carbocycles. The van der Waals surface area contributed by atoms with Crippen LogP contribution < -0.4 is 0 Å². The van der Waals surface area contributed by atoms with Crippen LogP contribution in [0.2, 0.25) is 0 Å². The molecule has 2 aromatic heterocycles. The molecule has 0 atom stereocenters. The molecule has 58 valence electrons. The molecule has 0 aliphatic heterocycles. The first-order chi connectivity index (χ1) is 5.36. The average Bonchev–Trinajstić information content (AvgIpc) is 2.51. The van der Waals surface area contributed by atoms with E-state index in [1.165, 1.54) is 4.83 Å². The van der Waals surface area contributed by atoms with Crippen LogP contribution in [0, 0.1) is 0 Å². The third-order valence-electron chi connectivity index (χ3n) is 1.07. The first kappa shape index (κ1) is 8.49. The Kier molecular flexibility index (Phi) is 2.84. The van der Waals surface area contributed by atoms with Gasteiger partial charge in [-0.1, -0.05) is 0 Å². The number of fused-ring (bicyclic) bond motifs is 1. The summed E-state index contributed by atoms with van der Waals surface area (Å²) in [5.41, 5.74) is 0. The fraction of sp³-hybridized carbons (Fsp3) is 0. The average molecular weight is 231 g/mol. The highest BCUT2D eigenvalue weighted by Gasteiger charge is 1.95. The lowest BCUT2D eigenvalue weighted by Crippen LogP contribution is -1.66. The zero-order valence-corrected chi connectivity index (χ0v) is 8.23. The summed E-state index contributed by atoms with van der Waals surface area (Å²) in [5, 5.41) is 0. The van der Waals surface area contributed by atoms with Crippen molar-refractivity contribution in [1.82, 2.24) is 9.38 Å². The lowest BCUT2D eigenvalue weighted by Gasteiger charge is -1.72. The molecule has 0 fully saturated rings. The summed E-state index contributed by atoms with van der Waals surface area (Å²) in [6, 6.07) is 0. The molecule has 0 saturated heterocycles. The molecule has 2 aromatic rings. The number of thiazole rings is 1. The highest BCUT2D eigenvalue weighted by atomic mass is 79.9. The van der Waals surface area contributed by atoms with Crippen LogP contribution in [0.3, 0.4) is 0 Å². The quantitative estimate of drug-likeness (QED) is 0.637. The summed E-state index contributed by atoms with van der Waals surface area (Å²) < 4.78 is 3.12. The van der Waals surface area contributed by atoms with Gasteiger partial charge in [0.1, 0.15) is 4.83 Å². The smallest absolute Gasteiger partial charge is 0.120 e. The number of halogens is 1. The van der Waals surface area contributed by atoms with Gasteiger partial charge in [0.25, 0.3) is 0 Å². The Morgan fingerprint density at radius 3 is 2.91 bits per heavy atom. The van der Waals surface area contributed by atoms with Crippen molar-refractivity contribution in [3.05, 3.63) is 35.7 Å². The number of hydrogen-bond acceptors (Lipinski definition) is 2. The molecule has 11 heavy (non-hydrogen) atoms. The van der Waals surface area contributed by atoms with Crippen LogP contribution >= 0.6 is 27.3 Å². The topological polar surface area (TPSA) is 17.3 Å². The van der Waals surface area contributed by atoms with Gasteiger partial charge in [-0.2, -0.15) is 0 Å². The largest absolute Gasteiger partial charge is 0.296 e. The van der Waals surface area contributed by atoms with Gasteiger partial charge in [-0.25, -0.2) is 4.98 Å². The second-order valence-electron chi connectivity index (χ2n) is 1.67. The van der Waals surface area contributed by atoms with Gasteiger partial charge in [0.2, 0.25) is 0 Å². The van der Waals surface area contributed by atoms with Crippen LogP contribution in [0.25, 0.3) is 4.83 Å². The van der Waals surface area contributed by atoms with Gasteiger partial charge >= 0.3 is 0 Å². The minimum absolute atomic E-state index is 1.14. The van der Waals surface area contributed by atoms with Gasteiger partial charge in [-0.05, 0) is 15.9 Å². The van der Waals surface area contributed by atoms with Gasteiger partial charge in [0.05, 0.1) is 16.3 Å². The maximum Gasteiger partial charge on any atom is 0.120 e. The van der Waals surface area contributed by atoms with Crippen molar-refractivity contribution in [2.75, 3.05) is 0 Å². The third-order valence-corrected chi connectivity index (χ3v) is 2.59. The zero-order valence-electron chi connectivity index (χ0n) is 5.83. The Labute approximate surface area is 77.3 Å². The molecular formula is C7H7BrN2S. The molecule has 0 saturated carbocycles. The van der Waals surface area contributed by atoms with Gasteiger partial charge < -0.3 is 0 Å². The van der Waals surface area contributed by atoms with Crippen molar-refractivity contribution in [3.63, 3.8) is 0 Å². The summed E-state index contributed by atoms with van der Waals surface area (Å²) in [7, 11) is 0. The van der Waals surface area contributed by atoms with Crippen molar-refractivity contribution < 1.29 is 0 Å². The summed E-state index contributed by atoms with van der Waals surface area (Å²) >= 11 is 5.05. The van der Waals surface area contributed by atoms with Crippen molar-refractivity contribution >= 4 is 32.1 Å². The van der Waals surface area contributed by atoms with E-state index in [2.05, 4.69) is 34.1 Å². The molecule has 0 amide bonds. The lowest BCUT2D eigenvalue weighted by atomic mass is 10.9. The van der Waals surface area contributed by atoms with E-state index in [1.54, 1.807) is 17.7 Å². The Morgan fingerprint density at radius 2 is 2.27 bits per heavy atom. The second kappa shape index (κ2) is 3.69. The summed E-state index contributed by atoms with van der Waals surface area (Å²) in [6.07, 6.45) is 5.62. The van der Waals surface area contributed by atoms with Crippen molar-refractivity contribution in [2.45, 2.75) is 0 Å². The zero-order chi connectivity index (χ0) is 8.27. The Morgan fingerprint density at radius 1 is 1.55 bits per heavy atom. The summed E-state index contributed by atoms with van der Waals surface area (Å²) in [4.78, 5) is 5.12. The first-order valence-corrected chi connectivity index (χ1v) is 4.54. The second-order valence-corrected chi connectivity index (χ2v) is 4.12. The molecule has 0 aliphatic rings. The molecule has 4 heteroatoms. The van der Waals surface area contributed by atoms with Crippen LogP contribution in [-0.4, -0.2) is 9.38 Å². The van der Waals surface area contributed by atoms with Crippen LogP contribution in [0.4, 0.5) is 0 Å². The molecule has 2 heterocycles. The van der Waals surface area contributed by atoms with Gasteiger partial charge in [-0.3, -0.25) is 4.40 Å². The number of aromatic nitrogens is 2. The Balaban J connectivity index is 0.000000281. The fourth-order valence-corrected chi connectivity index (χ4v) is 2.11. The lowest BCUT2D eigenvalue weighted by molar-refractivity contribution is 1.17. The van der Waals surface area contributed by atoms with Gasteiger partial charge in [-0.15, -0.1) is 24.5 Å². The normalized spacial score (nSPS) is 9.18. The van der Waals surface area contributed by atoms with E-state index in [9.17, 15) is 0 Å². The van der Waals surface area contributed by atoms with Crippen LogP contribution in [0.15, 0.2) is 35.7 Å². The predicted octanol–water partition coefficient (Wildman–Crippen LogP) is 2.96. The number of hydrogen-bond donors (Lipinski definition) is 0. The SMILES string of the molecule is Brc1cn2cncc2s1.C=C. The predicted molar refractivity (Wildman–Crippen MR) is 52.0 cm³/mol. The highest BCUT2D eigenvalue weighted by Crippen LogP contribution is 2.21. The number of rotatable bonds is 0. The molecule has 0 bridgehead atoms. The molecule has 0 unspecified atom stereocenters. The standard InChI is InChI=1S/C5H3BrN2S.C2H4/c6-4-2-8-3-7-1-5(8)9-4;1-2/h1-3H;1-2H2. The summed E-state index contributed by atoms with van der Waals surface area (Å²) in [5.74, 6) is 0. The van der Waals surface area contributed by atoms with Crippen molar-refractivity contribution in [2.24, 2.45) is 0 Å². The summed E-state index contributed by atoms with van der Waals surface area (Å²) in [6.45, 7) is 6.00. The molecule has 2 rings (SSSR count). The van der Waals surface area contributed by atoms with Crippen LogP contribution in [0.1, 0.15) is 0 Å². The Bertz CT molecular complexity index is 310. The minimum atomic E-state index is 1.14. The number of nitrogens with zero attached hydrogens (tertiary/aromatic N) is 2. The number of imidazole rings is 1. The molecule has 0 aliphatic carbocycles. The monoisotopic (exact) mass is 230 g/mol. The van der Waals surface area contributed by atoms with E-state index in [1.807, 2.05) is 16.8 Å². The van der Waals surface area contributed by atoms with Crippen molar-refractivity contribution in [1.29, 1.82) is 0 Å². The van der Waals surface area contributed by atoms with Crippen molar-refractivity contribution in [3.8, 4) is 0 Å². The minimum Gasteiger partial charge on any atom is -0.296 e.